The molecule has 0 bridgehead atoms. The lowest BCUT2D eigenvalue weighted by Gasteiger charge is -2.28. The molecule has 0 radical (unpaired) electrons. The molecule has 0 aromatic heterocycles. The highest BCUT2D eigenvalue weighted by Crippen LogP contribution is 2.55. The maximum atomic E-state index is 12.9. The number of nitriles is 2. The molecular formula is C8H12F2N2S. The van der Waals surface area contributed by atoms with Crippen molar-refractivity contribution < 1.29 is 7.77 Å². The Balaban J connectivity index is 4.54. The van der Waals surface area contributed by atoms with Gasteiger partial charge in [0.15, 0.2) is 0 Å². The van der Waals surface area contributed by atoms with Gasteiger partial charge in [-0.25, -0.2) is 0 Å². The number of halogens is 2. The summed E-state index contributed by atoms with van der Waals surface area (Å²) in [4.78, 5) is 0. The van der Waals surface area contributed by atoms with E-state index in [1.54, 1.807) is 12.1 Å². The zero-order valence-corrected chi connectivity index (χ0v) is 8.61. The van der Waals surface area contributed by atoms with E-state index >= 15 is 0 Å². The van der Waals surface area contributed by atoms with Gasteiger partial charge in [-0.15, -0.1) is 0 Å². The third-order valence-corrected chi connectivity index (χ3v) is 3.93. The van der Waals surface area contributed by atoms with Crippen LogP contribution in [0, 0.1) is 34.5 Å². The monoisotopic (exact) mass is 206 g/mol. The van der Waals surface area contributed by atoms with Gasteiger partial charge in [-0.3, -0.25) is 0 Å². The third kappa shape index (κ3) is 3.20. The van der Waals surface area contributed by atoms with Crippen molar-refractivity contribution in [2.75, 3.05) is 6.26 Å². The number of nitrogens with zero attached hydrogens (tertiary/aromatic N) is 2. The molecule has 0 rings (SSSR count). The van der Waals surface area contributed by atoms with Gasteiger partial charge in [0, 0.05) is 11.5 Å². The third-order valence-electron chi connectivity index (χ3n) is 2.20. The van der Waals surface area contributed by atoms with Crippen molar-refractivity contribution >= 4 is 10.8 Å². The molecule has 0 aliphatic carbocycles. The molecule has 0 aromatic rings. The van der Waals surface area contributed by atoms with E-state index in [-0.39, 0.29) is 0 Å². The Bertz CT molecular complexity index is 234. The fraction of sp³-hybridized carbons (Fsp3) is 0.750. The number of hydrogen-bond acceptors (Lipinski definition) is 2. The second kappa shape index (κ2) is 4.43. The molecule has 2 unspecified atom stereocenters. The molecule has 0 aromatic carbocycles. The summed E-state index contributed by atoms with van der Waals surface area (Å²) >= 11 is 0. The highest BCUT2D eigenvalue weighted by Gasteiger charge is 2.34. The highest BCUT2D eigenvalue weighted by atomic mass is 32.3. The Morgan fingerprint density at radius 2 is 1.54 bits per heavy atom. The van der Waals surface area contributed by atoms with Crippen molar-refractivity contribution in [1.82, 2.24) is 0 Å². The minimum Gasteiger partial charge on any atom is -0.197 e. The molecule has 0 aliphatic heterocycles. The summed E-state index contributed by atoms with van der Waals surface area (Å²) in [7, 11) is -3.67. The summed E-state index contributed by atoms with van der Waals surface area (Å²) < 4.78 is 25.7. The lowest BCUT2D eigenvalue weighted by atomic mass is 9.94. The first-order valence-corrected chi connectivity index (χ1v) is 5.70. The smallest absolute Gasteiger partial charge is 0.137 e. The van der Waals surface area contributed by atoms with E-state index < -0.39 is 27.9 Å². The number of hydrogen-bond donors (Lipinski definition) is 0. The van der Waals surface area contributed by atoms with Crippen LogP contribution in [0.2, 0.25) is 0 Å². The van der Waals surface area contributed by atoms with Crippen molar-refractivity contribution in [3.63, 3.8) is 0 Å². The summed E-state index contributed by atoms with van der Waals surface area (Å²) in [5.74, 6) is -1.52. The predicted octanol–water partition coefficient (Wildman–Crippen LogP) is 2.88. The van der Waals surface area contributed by atoms with Crippen LogP contribution in [0.4, 0.5) is 7.77 Å². The molecule has 0 spiro atoms. The summed E-state index contributed by atoms with van der Waals surface area (Å²) in [6, 6.07) is 3.45. The van der Waals surface area contributed by atoms with Crippen LogP contribution in [0.5, 0.6) is 0 Å². The van der Waals surface area contributed by atoms with Crippen LogP contribution in [-0.4, -0.2) is 11.5 Å². The molecule has 2 nitrogen and oxygen atoms in total. The minimum atomic E-state index is -3.67. The van der Waals surface area contributed by atoms with Crippen LogP contribution >= 0.6 is 10.8 Å². The average Bonchev–Trinajstić information content (AvgIpc) is 2.03. The Morgan fingerprint density at radius 3 is 1.77 bits per heavy atom. The lowest BCUT2D eigenvalue weighted by Crippen LogP contribution is -2.23. The topological polar surface area (TPSA) is 47.6 Å². The van der Waals surface area contributed by atoms with Gasteiger partial charge >= 0.3 is 0 Å². The zero-order valence-electron chi connectivity index (χ0n) is 7.79. The molecule has 13 heavy (non-hydrogen) atoms. The molecule has 0 fully saturated rings. The van der Waals surface area contributed by atoms with E-state index in [1.165, 1.54) is 13.8 Å². The molecule has 5 heteroatoms. The summed E-state index contributed by atoms with van der Waals surface area (Å²) in [5.41, 5.74) is 0. The molecular weight excluding hydrogens is 194 g/mol. The lowest BCUT2D eigenvalue weighted by molar-refractivity contribution is 0.488. The normalized spacial score (nSPS) is 17.2. The second-order valence-electron chi connectivity index (χ2n) is 3.08. The van der Waals surface area contributed by atoms with E-state index in [1.807, 2.05) is 0 Å². The van der Waals surface area contributed by atoms with Crippen LogP contribution in [0.3, 0.4) is 0 Å². The zero-order chi connectivity index (χ0) is 10.6. The Kier molecular flexibility index (Phi) is 4.16. The van der Waals surface area contributed by atoms with E-state index in [0.717, 1.165) is 6.26 Å². The van der Waals surface area contributed by atoms with E-state index in [0.29, 0.717) is 0 Å². The van der Waals surface area contributed by atoms with Gasteiger partial charge in [0.05, 0.1) is 22.9 Å². The van der Waals surface area contributed by atoms with Gasteiger partial charge in [-0.05, 0) is 12.8 Å². The standard InChI is InChI=1S/C8H12F2N2S/c1-6(8(4-11)5-12)7(2)13(3,9)10/h6-8H,1-3H3. The van der Waals surface area contributed by atoms with Crippen molar-refractivity contribution in [3.8, 4) is 12.1 Å². The van der Waals surface area contributed by atoms with Crippen LogP contribution in [-0.2, 0) is 0 Å². The van der Waals surface area contributed by atoms with Crippen molar-refractivity contribution in [2.24, 2.45) is 11.8 Å². The Morgan fingerprint density at radius 1 is 1.15 bits per heavy atom. The molecule has 0 heterocycles. The largest absolute Gasteiger partial charge is 0.197 e. The molecule has 0 saturated carbocycles. The average molecular weight is 206 g/mol. The van der Waals surface area contributed by atoms with E-state index in [4.69, 9.17) is 10.5 Å². The molecule has 0 saturated heterocycles. The quantitative estimate of drug-likeness (QED) is 0.712. The molecule has 0 amide bonds. The fourth-order valence-electron chi connectivity index (χ4n) is 0.912. The van der Waals surface area contributed by atoms with Crippen LogP contribution in [0.25, 0.3) is 0 Å². The van der Waals surface area contributed by atoms with Gasteiger partial charge in [-0.1, -0.05) is 6.92 Å². The minimum absolute atomic E-state index is 0.579. The van der Waals surface area contributed by atoms with Gasteiger partial charge in [0.1, 0.15) is 5.92 Å². The van der Waals surface area contributed by atoms with Crippen molar-refractivity contribution in [1.29, 1.82) is 10.5 Å². The Labute approximate surface area is 79.1 Å². The molecule has 74 valence electrons. The van der Waals surface area contributed by atoms with Crippen LogP contribution < -0.4 is 0 Å². The first-order valence-electron chi connectivity index (χ1n) is 3.80. The van der Waals surface area contributed by atoms with E-state index in [9.17, 15) is 7.77 Å². The van der Waals surface area contributed by atoms with Crippen molar-refractivity contribution in [3.05, 3.63) is 0 Å². The first kappa shape index (κ1) is 12.2. The summed E-state index contributed by atoms with van der Waals surface area (Å²) in [5, 5.41) is 16.1. The molecule has 0 aliphatic rings. The van der Waals surface area contributed by atoms with E-state index in [2.05, 4.69) is 0 Å². The van der Waals surface area contributed by atoms with Gasteiger partial charge in [-0.2, -0.15) is 18.3 Å². The highest BCUT2D eigenvalue weighted by molar-refractivity contribution is 8.25. The van der Waals surface area contributed by atoms with Gasteiger partial charge in [0.25, 0.3) is 0 Å². The van der Waals surface area contributed by atoms with Gasteiger partial charge < -0.3 is 0 Å². The number of rotatable bonds is 3. The first-order chi connectivity index (χ1) is 5.84. The van der Waals surface area contributed by atoms with Crippen LogP contribution in [0.1, 0.15) is 13.8 Å². The summed E-state index contributed by atoms with van der Waals surface area (Å²) in [6.45, 7) is 2.91. The summed E-state index contributed by atoms with van der Waals surface area (Å²) in [6.07, 6.45) is 0.889. The predicted molar refractivity (Wildman–Crippen MR) is 49.1 cm³/mol. The molecule has 0 N–H and O–H groups in total. The molecule has 2 atom stereocenters. The Hall–Kier alpha value is -0.810. The second-order valence-corrected chi connectivity index (χ2v) is 5.39. The van der Waals surface area contributed by atoms with Gasteiger partial charge in [0.2, 0.25) is 0 Å². The SMILES string of the molecule is CC(C(C#N)C#N)C(C)S(C)(F)F. The maximum Gasteiger partial charge on any atom is 0.137 e. The van der Waals surface area contributed by atoms with Crippen molar-refractivity contribution in [2.45, 2.75) is 19.1 Å². The fourth-order valence-corrected chi connectivity index (χ4v) is 1.82. The van der Waals surface area contributed by atoms with Crippen LogP contribution in [0.15, 0.2) is 0 Å². The maximum absolute atomic E-state index is 12.9.